The Kier molecular flexibility index (Phi) is 8.39. The number of nitriles is 1. The largest absolute Gasteiger partial charge is 0.508 e. The third-order valence-electron chi connectivity index (χ3n) is 4.24. The highest BCUT2D eigenvalue weighted by molar-refractivity contribution is 7.91. The number of sulfone groups is 1. The molecule has 16 heteroatoms. The Morgan fingerprint density at radius 1 is 1.09 bits per heavy atom. The van der Waals surface area contributed by atoms with E-state index >= 15 is 0 Å². The fourth-order valence-corrected chi connectivity index (χ4v) is 4.79. The third-order valence-corrected chi connectivity index (χ3v) is 7.21. The summed E-state index contributed by atoms with van der Waals surface area (Å²) in [4.78, 5) is -0.830. The Morgan fingerprint density at radius 3 is 2.32 bits per heavy atom. The van der Waals surface area contributed by atoms with Crippen molar-refractivity contribution in [3.63, 3.8) is 0 Å². The molecule has 0 saturated heterocycles. The van der Waals surface area contributed by atoms with Gasteiger partial charge in [0.1, 0.15) is 11.8 Å². The van der Waals surface area contributed by atoms with Crippen molar-refractivity contribution in [2.24, 2.45) is 0 Å². The van der Waals surface area contributed by atoms with Crippen LogP contribution in [0.1, 0.15) is 17.2 Å². The molecule has 0 aliphatic carbocycles. The molecule has 0 saturated carbocycles. The van der Waals surface area contributed by atoms with E-state index in [1.807, 2.05) is 6.07 Å². The number of nitrogens with zero attached hydrogens (tertiary/aromatic N) is 1. The lowest BCUT2D eigenvalue weighted by molar-refractivity contribution is 0.284. The summed E-state index contributed by atoms with van der Waals surface area (Å²) in [6.45, 7) is 2.68. The molecule has 0 fully saturated rings. The molecular weight excluding hydrogens is 514 g/mol. The number of hydrazine groups is 1. The molecule has 0 amide bonds. The van der Waals surface area contributed by atoms with Crippen LogP contribution in [0.15, 0.2) is 52.8 Å². The molecule has 1 atom stereocenters. The van der Waals surface area contributed by atoms with Crippen LogP contribution in [0.5, 0.6) is 5.75 Å². The summed E-state index contributed by atoms with van der Waals surface area (Å²) in [7, 11) is -13.4. The fourth-order valence-electron chi connectivity index (χ4n) is 2.72. The van der Waals surface area contributed by atoms with Gasteiger partial charge in [-0.05, 0) is 29.8 Å². The lowest BCUT2D eigenvalue weighted by Gasteiger charge is -2.18. The minimum absolute atomic E-state index is 0.0311. The van der Waals surface area contributed by atoms with Crippen molar-refractivity contribution in [1.82, 2.24) is 5.43 Å². The van der Waals surface area contributed by atoms with Gasteiger partial charge in [-0.2, -0.15) is 22.1 Å². The van der Waals surface area contributed by atoms with Gasteiger partial charge < -0.3 is 10.5 Å². The van der Waals surface area contributed by atoms with Gasteiger partial charge in [0.2, 0.25) is 0 Å². The van der Waals surface area contributed by atoms with Gasteiger partial charge in [-0.15, -0.1) is 0 Å². The molecule has 0 bridgehead atoms. The van der Waals surface area contributed by atoms with Crippen molar-refractivity contribution in [2.45, 2.75) is 15.8 Å². The Labute approximate surface area is 195 Å². The van der Waals surface area contributed by atoms with Crippen LogP contribution in [-0.4, -0.2) is 51.8 Å². The quantitative estimate of drug-likeness (QED) is 0.202. The molecule has 0 aromatic heterocycles. The van der Waals surface area contributed by atoms with Crippen LogP contribution < -0.4 is 10.9 Å². The van der Waals surface area contributed by atoms with E-state index in [2.05, 4.69) is 21.6 Å². The Morgan fingerprint density at radius 2 is 1.76 bits per heavy atom. The summed E-state index contributed by atoms with van der Waals surface area (Å²) < 4.78 is 90.3. The minimum atomic E-state index is -4.80. The predicted molar refractivity (Wildman–Crippen MR) is 119 cm³/mol. The number of benzene rings is 2. The van der Waals surface area contributed by atoms with Crippen LogP contribution in [0.25, 0.3) is 6.08 Å². The smallest absolute Gasteiger partial charge is 0.397 e. The number of rotatable bonds is 11. The van der Waals surface area contributed by atoms with Gasteiger partial charge in [0.05, 0.1) is 33.9 Å². The van der Waals surface area contributed by atoms with Crippen molar-refractivity contribution in [3.8, 4) is 11.8 Å². The molecule has 0 spiro atoms. The first-order chi connectivity index (χ1) is 15.7. The number of hydrogen-bond acceptors (Lipinski definition) is 11. The summed E-state index contributed by atoms with van der Waals surface area (Å²) >= 11 is 0. The highest BCUT2D eigenvalue weighted by atomic mass is 32.3. The van der Waals surface area contributed by atoms with Crippen molar-refractivity contribution >= 4 is 42.1 Å². The van der Waals surface area contributed by atoms with Gasteiger partial charge in [0, 0.05) is 11.6 Å². The first kappa shape index (κ1) is 27.2. The van der Waals surface area contributed by atoms with Gasteiger partial charge in [0.15, 0.2) is 9.84 Å². The normalized spacial score (nSPS) is 13.1. The molecule has 184 valence electrons. The van der Waals surface area contributed by atoms with E-state index < -0.39 is 59.4 Å². The van der Waals surface area contributed by atoms with Gasteiger partial charge in [-0.25, -0.2) is 18.0 Å². The Balaban J connectivity index is 2.25. The second kappa shape index (κ2) is 10.5. The fraction of sp³-hybridized carbons (Fsp3) is 0.167. The maximum absolute atomic E-state index is 12.4. The Bertz CT molecular complexity index is 1450. The molecule has 0 radical (unpaired) electrons. The maximum atomic E-state index is 12.4. The van der Waals surface area contributed by atoms with E-state index in [1.54, 1.807) is 0 Å². The number of hydrogen-bond donors (Lipinski definition) is 5. The molecule has 5 N–H and O–H groups in total. The number of phenolic OH excluding ortho intramolecular Hbond substituents is 1. The zero-order valence-electron chi connectivity index (χ0n) is 17.1. The lowest BCUT2D eigenvalue weighted by Crippen LogP contribution is -2.27. The zero-order valence-corrected chi connectivity index (χ0v) is 19.6. The molecule has 2 aromatic rings. The highest BCUT2D eigenvalue weighted by Gasteiger charge is 2.23. The van der Waals surface area contributed by atoms with Crippen LogP contribution in [-0.2, 0) is 34.5 Å². The second-order valence-corrected chi connectivity index (χ2v) is 11.2. The van der Waals surface area contributed by atoms with Crippen molar-refractivity contribution in [1.29, 1.82) is 5.26 Å². The monoisotopic (exact) mass is 533 g/mol. The summed E-state index contributed by atoms with van der Waals surface area (Å²) in [5.41, 5.74) is 5.27. The summed E-state index contributed by atoms with van der Waals surface area (Å²) in [5.74, 6) is -1.37. The molecule has 13 nitrogen and oxygen atoms in total. The predicted octanol–water partition coefficient (Wildman–Crippen LogP) is 1.06. The molecule has 0 heterocycles. The summed E-state index contributed by atoms with van der Waals surface area (Å²) in [5, 5.41) is 19.8. The number of phenols is 1. The number of anilines is 1. The molecule has 1 unspecified atom stereocenters. The number of nitrogens with one attached hydrogen (secondary N) is 2. The second-order valence-electron chi connectivity index (χ2n) is 6.55. The molecule has 2 aromatic carbocycles. The summed E-state index contributed by atoms with van der Waals surface area (Å²) in [6, 6.07) is 7.50. The summed E-state index contributed by atoms with van der Waals surface area (Å²) in [6.07, 6.45) is 1.16. The third kappa shape index (κ3) is 7.23. The minimum Gasteiger partial charge on any atom is -0.508 e. The van der Waals surface area contributed by atoms with E-state index in [4.69, 9.17) is 4.55 Å². The molecule has 2 rings (SSSR count). The lowest BCUT2D eigenvalue weighted by atomic mass is 10.00. The van der Waals surface area contributed by atoms with Crippen LogP contribution in [0.2, 0.25) is 0 Å². The first-order valence-electron chi connectivity index (χ1n) is 9.00. The van der Waals surface area contributed by atoms with Crippen molar-refractivity contribution in [2.75, 3.05) is 17.8 Å². The van der Waals surface area contributed by atoms with Crippen LogP contribution in [0, 0.1) is 11.3 Å². The molecule has 0 aliphatic rings. The SMILES string of the molecule is C=Cc1cc(S(=O)(=O)O)cc(O)c1C(C#N)NNc1cccc(S(=O)(=O)CCOS(=O)(=O)O)c1. The van der Waals surface area contributed by atoms with Gasteiger partial charge >= 0.3 is 10.4 Å². The van der Waals surface area contributed by atoms with E-state index in [-0.39, 0.29) is 21.7 Å². The standard InChI is InChI=1S/C18H19N3O10S3/c1-2-12-8-15(33(25,26)27)10-17(22)18(12)16(11-19)21-20-13-4-3-5-14(9-13)32(23,24)7-6-31-34(28,29)30/h2-5,8-10,16,20-22H,1,6-7H2,(H,25,26,27)(H,28,29,30). The average Bonchev–Trinajstić information content (AvgIpc) is 2.73. The van der Waals surface area contributed by atoms with E-state index in [0.717, 1.165) is 18.2 Å². The van der Waals surface area contributed by atoms with Crippen LogP contribution in [0.4, 0.5) is 5.69 Å². The van der Waals surface area contributed by atoms with Gasteiger partial charge in [-0.1, -0.05) is 18.7 Å². The molecule has 0 aliphatic heterocycles. The van der Waals surface area contributed by atoms with Crippen LogP contribution >= 0.6 is 0 Å². The topological polar surface area (TPSA) is 220 Å². The zero-order chi connectivity index (χ0) is 25.7. The molecular formula is C18H19N3O10S3. The number of aromatic hydroxyl groups is 1. The average molecular weight is 534 g/mol. The Hall–Kier alpha value is -3.04. The van der Waals surface area contributed by atoms with Gasteiger partial charge in [-0.3, -0.25) is 9.11 Å². The molecule has 34 heavy (non-hydrogen) atoms. The van der Waals surface area contributed by atoms with E-state index in [9.17, 15) is 40.2 Å². The van der Waals surface area contributed by atoms with Crippen molar-refractivity contribution in [3.05, 3.63) is 54.1 Å². The highest BCUT2D eigenvalue weighted by Crippen LogP contribution is 2.32. The van der Waals surface area contributed by atoms with E-state index in [1.165, 1.54) is 24.3 Å². The van der Waals surface area contributed by atoms with Crippen molar-refractivity contribution < 1.29 is 43.6 Å². The maximum Gasteiger partial charge on any atom is 0.397 e. The van der Waals surface area contributed by atoms with Crippen LogP contribution in [0.3, 0.4) is 0 Å². The first-order valence-corrected chi connectivity index (χ1v) is 13.5. The van der Waals surface area contributed by atoms with E-state index in [0.29, 0.717) is 0 Å². The van der Waals surface area contributed by atoms with Gasteiger partial charge in [0.25, 0.3) is 10.1 Å².